The van der Waals surface area contributed by atoms with E-state index in [1.807, 2.05) is 6.92 Å². The van der Waals surface area contributed by atoms with E-state index in [2.05, 4.69) is 0 Å². The van der Waals surface area contributed by atoms with Gasteiger partial charge in [-0.25, -0.2) is 4.39 Å². The molecule has 0 amide bonds. The maximum atomic E-state index is 12.7. The number of hydrogen-bond donors (Lipinski definition) is 1. The van der Waals surface area contributed by atoms with Crippen molar-refractivity contribution < 1.29 is 9.50 Å². The van der Waals surface area contributed by atoms with Crippen LogP contribution in [0.2, 0.25) is 0 Å². The minimum absolute atomic E-state index is 0.302. The molecule has 0 saturated carbocycles. The minimum Gasteiger partial charge on any atom is -0.386 e. The third-order valence-corrected chi connectivity index (χ3v) is 1.72. The van der Waals surface area contributed by atoms with Gasteiger partial charge in [-0.05, 0) is 39.3 Å². The van der Waals surface area contributed by atoms with E-state index in [-0.39, 0.29) is 5.83 Å². The first kappa shape index (κ1) is 12.1. The molecule has 0 aliphatic carbocycles. The Balaban J connectivity index is 4.60. The van der Waals surface area contributed by atoms with Gasteiger partial charge in [-0.2, -0.15) is 0 Å². The fourth-order valence-electron chi connectivity index (χ4n) is 0.919. The van der Waals surface area contributed by atoms with E-state index in [0.29, 0.717) is 5.57 Å². The summed E-state index contributed by atoms with van der Waals surface area (Å²) in [5, 5.41) is 9.60. The molecular formula is C11H17FO. The van der Waals surface area contributed by atoms with Crippen LogP contribution in [-0.4, -0.2) is 10.7 Å². The Morgan fingerprint density at radius 2 is 1.69 bits per heavy atom. The summed E-state index contributed by atoms with van der Waals surface area (Å²) in [6.45, 7) is 6.77. The molecule has 0 heterocycles. The number of rotatable bonds is 3. The third kappa shape index (κ3) is 4.63. The van der Waals surface area contributed by atoms with Crippen molar-refractivity contribution in [3.63, 3.8) is 0 Å². The number of hydrogen-bond acceptors (Lipinski definition) is 1. The second-order valence-corrected chi connectivity index (χ2v) is 3.31. The first-order chi connectivity index (χ1) is 5.91. The monoisotopic (exact) mass is 184 g/mol. The highest BCUT2D eigenvalue weighted by atomic mass is 19.1. The average Bonchev–Trinajstić information content (AvgIpc) is 2.02. The first-order valence-electron chi connectivity index (χ1n) is 4.31. The summed E-state index contributed by atoms with van der Waals surface area (Å²) in [6, 6.07) is 0. The Bertz CT molecular complexity index is 241. The van der Waals surface area contributed by atoms with Gasteiger partial charge in [0.25, 0.3) is 0 Å². The van der Waals surface area contributed by atoms with E-state index in [9.17, 15) is 9.50 Å². The van der Waals surface area contributed by atoms with Crippen LogP contribution in [-0.2, 0) is 0 Å². The molecule has 1 nitrogen and oxygen atoms in total. The quantitative estimate of drug-likeness (QED) is 0.668. The summed E-state index contributed by atoms with van der Waals surface area (Å²) in [5.74, 6) is -0.302. The Morgan fingerprint density at radius 1 is 1.15 bits per heavy atom. The summed E-state index contributed by atoms with van der Waals surface area (Å²) in [6.07, 6.45) is 6.05. The zero-order chi connectivity index (χ0) is 10.5. The van der Waals surface area contributed by atoms with E-state index in [1.54, 1.807) is 32.9 Å². The normalized spacial score (nSPS) is 15.5. The lowest BCUT2D eigenvalue weighted by atomic mass is 9.97. The molecule has 2 heteroatoms. The van der Waals surface area contributed by atoms with Gasteiger partial charge in [0.2, 0.25) is 0 Å². The zero-order valence-corrected chi connectivity index (χ0v) is 8.63. The van der Waals surface area contributed by atoms with Crippen molar-refractivity contribution in [2.24, 2.45) is 0 Å². The van der Waals surface area contributed by atoms with Crippen LogP contribution in [0.15, 0.2) is 35.7 Å². The van der Waals surface area contributed by atoms with Crippen molar-refractivity contribution in [3.8, 4) is 0 Å². The topological polar surface area (TPSA) is 20.2 Å². The molecule has 0 aromatic rings. The molecule has 0 aliphatic rings. The first-order valence-corrected chi connectivity index (χ1v) is 4.31. The van der Waals surface area contributed by atoms with Gasteiger partial charge >= 0.3 is 0 Å². The van der Waals surface area contributed by atoms with Crippen molar-refractivity contribution >= 4 is 0 Å². The lowest BCUT2D eigenvalue weighted by Gasteiger charge is -2.18. The van der Waals surface area contributed by atoms with Gasteiger partial charge in [0, 0.05) is 0 Å². The molecule has 0 unspecified atom stereocenters. The number of aliphatic hydroxyl groups is 1. The van der Waals surface area contributed by atoms with Crippen molar-refractivity contribution in [2.75, 3.05) is 0 Å². The van der Waals surface area contributed by atoms with Crippen molar-refractivity contribution in [2.45, 2.75) is 33.3 Å². The molecule has 13 heavy (non-hydrogen) atoms. The molecule has 0 rings (SSSR count). The molecule has 0 radical (unpaired) electrons. The Morgan fingerprint density at radius 3 is 2.00 bits per heavy atom. The van der Waals surface area contributed by atoms with Crippen LogP contribution in [0.5, 0.6) is 0 Å². The second-order valence-electron chi connectivity index (χ2n) is 3.31. The highest BCUT2D eigenvalue weighted by Crippen LogP contribution is 2.17. The van der Waals surface area contributed by atoms with Gasteiger partial charge in [0.05, 0.1) is 5.60 Å². The Kier molecular flexibility index (Phi) is 4.63. The fourth-order valence-corrected chi connectivity index (χ4v) is 0.919. The Hall–Kier alpha value is -0.890. The van der Waals surface area contributed by atoms with Crippen molar-refractivity contribution in [1.82, 2.24) is 0 Å². The van der Waals surface area contributed by atoms with Crippen molar-refractivity contribution in [3.05, 3.63) is 35.7 Å². The largest absolute Gasteiger partial charge is 0.386 e. The van der Waals surface area contributed by atoms with Gasteiger partial charge in [-0.1, -0.05) is 18.2 Å². The summed E-state index contributed by atoms with van der Waals surface area (Å²) in [5.41, 5.74) is -0.219. The summed E-state index contributed by atoms with van der Waals surface area (Å²) < 4.78 is 12.7. The molecule has 0 spiro atoms. The van der Waals surface area contributed by atoms with Gasteiger partial charge in [-0.15, -0.1) is 0 Å². The van der Waals surface area contributed by atoms with Gasteiger partial charge < -0.3 is 5.11 Å². The predicted molar refractivity (Wildman–Crippen MR) is 54.1 cm³/mol. The Labute approximate surface area is 79.3 Å². The third-order valence-electron chi connectivity index (χ3n) is 1.72. The van der Waals surface area contributed by atoms with Gasteiger partial charge in [0.15, 0.2) is 0 Å². The highest BCUT2D eigenvalue weighted by molar-refractivity contribution is 5.30. The van der Waals surface area contributed by atoms with E-state index in [4.69, 9.17) is 0 Å². The molecule has 1 N–H and O–H groups in total. The van der Waals surface area contributed by atoms with Crippen LogP contribution in [0, 0.1) is 0 Å². The molecule has 0 aromatic heterocycles. The van der Waals surface area contributed by atoms with Crippen LogP contribution in [0.4, 0.5) is 4.39 Å². The average molecular weight is 184 g/mol. The minimum atomic E-state index is -0.917. The predicted octanol–water partition coefficient (Wildman–Crippen LogP) is 3.13. The smallest absolute Gasteiger partial charge is 0.118 e. The van der Waals surface area contributed by atoms with E-state index >= 15 is 0 Å². The SMILES string of the molecule is C/C=C(/C=C\C(F)=C/C)C(C)(C)O. The highest BCUT2D eigenvalue weighted by Gasteiger charge is 2.15. The van der Waals surface area contributed by atoms with Crippen LogP contribution in [0.1, 0.15) is 27.7 Å². The van der Waals surface area contributed by atoms with Gasteiger partial charge in [0.1, 0.15) is 5.83 Å². The molecule has 0 atom stereocenters. The maximum Gasteiger partial charge on any atom is 0.118 e. The second kappa shape index (κ2) is 4.97. The number of halogens is 1. The van der Waals surface area contributed by atoms with E-state index < -0.39 is 5.60 Å². The molecule has 74 valence electrons. The standard InChI is InChI=1S/C11H17FO/c1-5-9(11(3,4)13)7-8-10(12)6-2/h5-8,13H,1-4H3/b8-7-,9-5-,10-6+. The van der Waals surface area contributed by atoms with E-state index in [1.165, 1.54) is 12.2 Å². The number of allylic oxidation sites excluding steroid dienone is 4. The van der Waals surface area contributed by atoms with Gasteiger partial charge in [-0.3, -0.25) is 0 Å². The molecule has 0 saturated heterocycles. The summed E-state index contributed by atoms with van der Waals surface area (Å²) in [4.78, 5) is 0. The van der Waals surface area contributed by atoms with Crippen LogP contribution in [0.25, 0.3) is 0 Å². The lowest BCUT2D eigenvalue weighted by molar-refractivity contribution is 0.123. The molecular weight excluding hydrogens is 167 g/mol. The van der Waals surface area contributed by atoms with Crippen LogP contribution >= 0.6 is 0 Å². The fraction of sp³-hybridized carbons (Fsp3) is 0.455. The van der Waals surface area contributed by atoms with Crippen molar-refractivity contribution in [1.29, 1.82) is 0 Å². The lowest BCUT2D eigenvalue weighted by Crippen LogP contribution is -2.20. The molecule has 0 bridgehead atoms. The van der Waals surface area contributed by atoms with E-state index in [0.717, 1.165) is 0 Å². The van der Waals surface area contributed by atoms with Crippen LogP contribution < -0.4 is 0 Å². The maximum absolute atomic E-state index is 12.7. The molecule has 0 aromatic carbocycles. The molecule has 0 aliphatic heterocycles. The molecule has 0 fully saturated rings. The van der Waals surface area contributed by atoms with Crippen LogP contribution in [0.3, 0.4) is 0 Å². The summed E-state index contributed by atoms with van der Waals surface area (Å²) in [7, 11) is 0. The zero-order valence-electron chi connectivity index (χ0n) is 8.63. The summed E-state index contributed by atoms with van der Waals surface area (Å²) >= 11 is 0.